The predicted molar refractivity (Wildman–Crippen MR) is 51.6 cm³/mol. The summed E-state index contributed by atoms with van der Waals surface area (Å²) in [5.41, 5.74) is 0. The Morgan fingerprint density at radius 3 is 3.31 bits per heavy atom. The fourth-order valence-electron chi connectivity index (χ4n) is 1.20. The minimum atomic E-state index is -0.164. The van der Waals surface area contributed by atoms with Gasteiger partial charge in [-0.1, -0.05) is 11.3 Å². The molecule has 0 atom stereocenters. The van der Waals surface area contributed by atoms with Crippen LogP contribution in [0.15, 0.2) is 22.6 Å². The second kappa shape index (κ2) is 2.36. The molecule has 1 aromatic heterocycles. The monoisotopic (exact) mass is 209 g/mol. The van der Waals surface area contributed by atoms with E-state index in [0.29, 0.717) is 5.82 Å². The summed E-state index contributed by atoms with van der Waals surface area (Å²) in [6, 6.07) is 0. The molecule has 0 aromatic carbocycles. The van der Waals surface area contributed by atoms with Crippen molar-refractivity contribution in [3.63, 3.8) is 0 Å². The number of hydrogen-bond donors (Lipinski definition) is 0. The molecule has 0 saturated carbocycles. The minimum Gasteiger partial charge on any atom is -0.275 e. The third-order valence-corrected chi connectivity index (χ3v) is 3.27. The van der Waals surface area contributed by atoms with Crippen LogP contribution in [-0.2, 0) is 0 Å². The summed E-state index contributed by atoms with van der Waals surface area (Å²) >= 11 is 2.65. The Bertz CT molecular complexity index is 593. The van der Waals surface area contributed by atoms with E-state index in [4.69, 9.17) is 0 Å². The molecule has 4 nitrogen and oxygen atoms in total. The summed E-state index contributed by atoms with van der Waals surface area (Å²) < 4.78 is 1.83. The molecule has 13 heavy (non-hydrogen) atoms. The van der Waals surface area contributed by atoms with Crippen molar-refractivity contribution in [2.75, 3.05) is 0 Å². The lowest BCUT2D eigenvalue weighted by Crippen LogP contribution is -1.96. The van der Waals surface area contributed by atoms with Crippen LogP contribution in [0.2, 0.25) is 0 Å². The van der Waals surface area contributed by atoms with Crippen molar-refractivity contribution < 1.29 is 0 Å². The van der Waals surface area contributed by atoms with Crippen molar-refractivity contribution in [2.45, 2.75) is 0 Å². The average Bonchev–Trinajstić information content (AvgIpc) is 2.65. The molecule has 64 valence electrons. The smallest absolute Gasteiger partial charge is 0.275 e. The van der Waals surface area contributed by atoms with Crippen LogP contribution in [0.25, 0.3) is 15.7 Å². The van der Waals surface area contributed by atoms with Crippen LogP contribution in [0.5, 0.6) is 0 Å². The second-order valence-corrected chi connectivity index (χ2v) is 4.35. The molecule has 0 aliphatic carbocycles. The maximum atomic E-state index is 11.0. The van der Waals surface area contributed by atoms with Gasteiger partial charge in [-0.3, -0.25) is 9.20 Å². The normalized spacial score (nSPS) is 11.4. The molecule has 6 heteroatoms. The molecule has 0 unspecified atom stereocenters. The van der Waals surface area contributed by atoms with Crippen LogP contribution in [0.3, 0.4) is 0 Å². The van der Waals surface area contributed by atoms with Gasteiger partial charge < -0.3 is 0 Å². The van der Waals surface area contributed by atoms with Crippen molar-refractivity contribution in [3.8, 4) is 10.7 Å². The van der Waals surface area contributed by atoms with Crippen molar-refractivity contribution in [1.82, 2.24) is 14.4 Å². The molecule has 3 heterocycles. The van der Waals surface area contributed by atoms with Gasteiger partial charge in [-0.05, 0) is 0 Å². The van der Waals surface area contributed by atoms with E-state index < -0.39 is 0 Å². The standard InChI is InChI=1S/C7H3N3OS2/c11-7-9-5-4(13-7)3-8-6-10(5)1-2-12-6/h1-3H. The van der Waals surface area contributed by atoms with E-state index in [-0.39, 0.29) is 4.87 Å². The zero-order chi connectivity index (χ0) is 8.84. The first-order chi connectivity index (χ1) is 6.34. The van der Waals surface area contributed by atoms with Crippen LogP contribution >= 0.6 is 22.7 Å². The maximum absolute atomic E-state index is 11.0. The van der Waals surface area contributed by atoms with Crippen molar-refractivity contribution in [3.05, 3.63) is 27.4 Å². The Labute approximate surface area is 80.5 Å². The number of nitrogens with zero attached hydrogens (tertiary/aromatic N) is 3. The van der Waals surface area contributed by atoms with Crippen molar-refractivity contribution >= 4 is 27.6 Å². The van der Waals surface area contributed by atoms with Crippen LogP contribution in [-0.4, -0.2) is 14.4 Å². The lowest BCUT2D eigenvalue weighted by molar-refractivity contribution is 1.09. The first-order valence-corrected chi connectivity index (χ1v) is 5.25. The third-order valence-electron chi connectivity index (χ3n) is 1.72. The van der Waals surface area contributed by atoms with Gasteiger partial charge in [0.05, 0.1) is 11.1 Å². The highest BCUT2D eigenvalue weighted by Crippen LogP contribution is 2.23. The van der Waals surface area contributed by atoms with E-state index >= 15 is 0 Å². The molecule has 0 spiro atoms. The summed E-state index contributed by atoms with van der Waals surface area (Å²) in [5, 5.41) is 1.92. The van der Waals surface area contributed by atoms with Gasteiger partial charge in [0.25, 0.3) is 0 Å². The molecule has 0 N–H and O–H groups in total. The Kier molecular flexibility index (Phi) is 1.30. The quantitative estimate of drug-likeness (QED) is 0.561. The van der Waals surface area contributed by atoms with E-state index in [1.165, 1.54) is 11.3 Å². The number of aromatic nitrogens is 3. The molecule has 2 aliphatic rings. The molecule has 3 rings (SSSR count). The zero-order valence-electron chi connectivity index (χ0n) is 6.30. The Morgan fingerprint density at radius 2 is 2.38 bits per heavy atom. The van der Waals surface area contributed by atoms with Gasteiger partial charge in [-0.2, -0.15) is 4.98 Å². The van der Waals surface area contributed by atoms with E-state index in [0.717, 1.165) is 21.2 Å². The SMILES string of the molecule is O=c1nc2n3ccsc3ncc-2s1. The topological polar surface area (TPSA) is 47.3 Å². The zero-order valence-corrected chi connectivity index (χ0v) is 7.93. The van der Waals surface area contributed by atoms with E-state index in [1.54, 1.807) is 6.20 Å². The molecule has 0 bridgehead atoms. The first-order valence-electron chi connectivity index (χ1n) is 3.56. The molecule has 0 amide bonds. The molecule has 2 aliphatic heterocycles. The van der Waals surface area contributed by atoms with Gasteiger partial charge in [0.15, 0.2) is 10.8 Å². The lowest BCUT2D eigenvalue weighted by atomic mass is 10.5. The Balaban J connectivity index is 2.63. The summed E-state index contributed by atoms with van der Waals surface area (Å²) in [4.78, 5) is 20.7. The summed E-state index contributed by atoms with van der Waals surface area (Å²) in [6.07, 6.45) is 3.56. The highest BCUT2D eigenvalue weighted by atomic mass is 32.1. The van der Waals surface area contributed by atoms with Crippen LogP contribution in [0.4, 0.5) is 0 Å². The average molecular weight is 209 g/mol. The molecule has 0 fully saturated rings. The molecule has 0 radical (unpaired) electrons. The Morgan fingerprint density at radius 1 is 1.46 bits per heavy atom. The van der Waals surface area contributed by atoms with Gasteiger partial charge in [-0.25, -0.2) is 4.98 Å². The summed E-state index contributed by atoms with van der Waals surface area (Å²) in [7, 11) is 0. The van der Waals surface area contributed by atoms with Crippen molar-refractivity contribution in [1.29, 1.82) is 0 Å². The highest BCUT2D eigenvalue weighted by Gasteiger charge is 2.12. The van der Waals surface area contributed by atoms with Crippen molar-refractivity contribution in [2.24, 2.45) is 0 Å². The fraction of sp³-hybridized carbons (Fsp3) is 0. The van der Waals surface area contributed by atoms with Crippen LogP contribution < -0.4 is 4.87 Å². The summed E-state index contributed by atoms with van der Waals surface area (Å²) in [6.45, 7) is 0. The van der Waals surface area contributed by atoms with Gasteiger partial charge >= 0.3 is 4.87 Å². The van der Waals surface area contributed by atoms with E-state index in [2.05, 4.69) is 9.97 Å². The van der Waals surface area contributed by atoms with Crippen LogP contribution in [0, 0.1) is 0 Å². The number of thiazole rings is 2. The largest absolute Gasteiger partial charge is 0.329 e. The van der Waals surface area contributed by atoms with Gasteiger partial charge in [-0.15, -0.1) is 11.3 Å². The fourth-order valence-corrected chi connectivity index (χ4v) is 2.54. The molecule has 0 saturated heterocycles. The van der Waals surface area contributed by atoms with Gasteiger partial charge in [0, 0.05) is 11.6 Å². The second-order valence-electron chi connectivity index (χ2n) is 2.48. The first kappa shape index (κ1) is 7.16. The van der Waals surface area contributed by atoms with Crippen LogP contribution in [0.1, 0.15) is 0 Å². The molecular formula is C7H3N3OS2. The number of fused-ring (bicyclic) bond motifs is 3. The van der Waals surface area contributed by atoms with E-state index in [1.807, 2.05) is 16.0 Å². The molecule has 1 aromatic rings. The maximum Gasteiger partial charge on any atom is 0.329 e. The third kappa shape index (κ3) is 0.925. The number of hydrogen-bond acceptors (Lipinski definition) is 5. The van der Waals surface area contributed by atoms with Gasteiger partial charge in [0.1, 0.15) is 0 Å². The van der Waals surface area contributed by atoms with E-state index in [9.17, 15) is 4.79 Å². The summed E-state index contributed by atoms with van der Waals surface area (Å²) in [5.74, 6) is 0.709. The predicted octanol–water partition coefficient (Wildman–Crippen LogP) is 1.32. The molecular weight excluding hydrogens is 206 g/mol. The number of rotatable bonds is 0. The Hall–Kier alpha value is -1.27. The lowest BCUT2D eigenvalue weighted by Gasteiger charge is -1.97. The highest BCUT2D eigenvalue weighted by molar-refractivity contribution is 7.15. The van der Waals surface area contributed by atoms with Gasteiger partial charge in [0.2, 0.25) is 0 Å². The minimum absolute atomic E-state index is 0.164.